The highest BCUT2D eigenvalue weighted by Gasteiger charge is 2.09. The van der Waals surface area contributed by atoms with Crippen LogP contribution in [0.5, 0.6) is 11.5 Å². The molecular weight excluding hydrogens is 326 g/mol. The summed E-state index contributed by atoms with van der Waals surface area (Å²) < 4.78 is 6.66. The molecule has 2 nitrogen and oxygen atoms in total. The maximum atomic E-state index is 8.84. The van der Waals surface area contributed by atoms with Gasteiger partial charge in [0.05, 0.1) is 16.1 Å². The fourth-order valence-corrected chi connectivity index (χ4v) is 2.61. The van der Waals surface area contributed by atoms with E-state index in [1.165, 1.54) is 0 Å². The van der Waals surface area contributed by atoms with Gasteiger partial charge in [-0.2, -0.15) is 5.26 Å². The lowest BCUT2D eigenvalue weighted by molar-refractivity contribution is 0.472. The number of rotatable bonds is 2. The number of aryl methyl sites for hydroxylation is 2. The Balaban J connectivity index is 2.40. The normalized spacial score (nSPS) is 10.1. The molecule has 0 N–H and O–H groups in total. The molecule has 0 aliphatic rings. The number of hydrogen-bond acceptors (Lipinski definition) is 2. The summed E-state index contributed by atoms with van der Waals surface area (Å²) in [5, 5.41) is 9.53. The maximum Gasteiger partial charge on any atom is 0.141 e. The van der Waals surface area contributed by atoms with Gasteiger partial charge >= 0.3 is 0 Å². The van der Waals surface area contributed by atoms with Crippen molar-refractivity contribution in [2.75, 3.05) is 0 Å². The number of hydrogen-bond donors (Lipinski definition) is 0. The SMILES string of the molecule is Cc1cc(Cl)cc(C)c1Oc1ccc(C#N)cc1Br. The van der Waals surface area contributed by atoms with Gasteiger partial charge in [-0.1, -0.05) is 11.6 Å². The minimum atomic E-state index is 0.587. The molecule has 4 heteroatoms. The van der Waals surface area contributed by atoms with Crippen molar-refractivity contribution < 1.29 is 4.74 Å². The van der Waals surface area contributed by atoms with Gasteiger partial charge in [0.25, 0.3) is 0 Å². The average Bonchev–Trinajstić information content (AvgIpc) is 2.35. The second kappa shape index (κ2) is 5.64. The molecule has 19 heavy (non-hydrogen) atoms. The van der Waals surface area contributed by atoms with E-state index < -0.39 is 0 Å². The number of benzene rings is 2. The van der Waals surface area contributed by atoms with Crippen LogP contribution in [0.2, 0.25) is 5.02 Å². The molecule has 0 heterocycles. The van der Waals surface area contributed by atoms with Crippen molar-refractivity contribution in [1.82, 2.24) is 0 Å². The predicted octanol–water partition coefficient (Wildman–Crippen LogP) is 5.38. The largest absolute Gasteiger partial charge is 0.456 e. The molecule has 0 amide bonds. The van der Waals surface area contributed by atoms with Gasteiger partial charge in [0.15, 0.2) is 0 Å². The van der Waals surface area contributed by atoms with E-state index >= 15 is 0 Å². The van der Waals surface area contributed by atoms with Crippen LogP contribution in [0.4, 0.5) is 0 Å². The molecule has 0 saturated carbocycles. The Morgan fingerprint density at radius 3 is 2.32 bits per heavy atom. The first-order valence-corrected chi connectivity index (χ1v) is 6.82. The number of halogens is 2. The fourth-order valence-electron chi connectivity index (χ4n) is 1.82. The molecule has 2 aromatic rings. The zero-order valence-corrected chi connectivity index (χ0v) is 12.8. The highest BCUT2D eigenvalue weighted by atomic mass is 79.9. The summed E-state index contributed by atoms with van der Waals surface area (Å²) in [6.07, 6.45) is 0. The smallest absolute Gasteiger partial charge is 0.141 e. The second-order valence-corrected chi connectivity index (χ2v) is 5.52. The van der Waals surface area contributed by atoms with E-state index in [1.807, 2.05) is 26.0 Å². The molecule has 0 radical (unpaired) electrons. The zero-order chi connectivity index (χ0) is 14.0. The lowest BCUT2D eigenvalue weighted by Gasteiger charge is -2.13. The van der Waals surface area contributed by atoms with Crippen molar-refractivity contribution in [3.05, 3.63) is 56.5 Å². The summed E-state index contributed by atoms with van der Waals surface area (Å²) in [5.41, 5.74) is 2.53. The summed E-state index contributed by atoms with van der Waals surface area (Å²) in [4.78, 5) is 0. The van der Waals surface area contributed by atoms with Crippen LogP contribution in [-0.4, -0.2) is 0 Å². The Morgan fingerprint density at radius 1 is 1.16 bits per heavy atom. The zero-order valence-electron chi connectivity index (χ0n) is 10.5. The molecule has 2 rings (SSSR count). The standard InChI is InChI=1S/C15H11BrClNO/c1-9-5-12(17)6-10(2)15(9)19-14-4-3-11(8-18)7-13(14)16/h3-7H,1-2H3. The molecular formula is C15H11BrClNO. The van der Waals surface area contributed by atoms with E-state index in [1.54, 1.807) is 18.2 Å². The van der Waals surface area contributed by atoms with Crippen LogP contribution in [0.3, 0.4) is 0 Å². The van der Waals surface area contributed by atoms with Crippen molar-refractivity contribution in [2.24, 2.45) is 0 Å². The van der Waals surface area contributed by atoms with Gasteiger partial charge in [0.2, 0.25) is 0 Å². The summed E-state index contributed by atoms with van der Waals surface area (Å²) in [6, 6.07) is 11.0. The first-order chi connectivity index (χ1) is 9.01. The van der Waals surface area contributed by atoms with Crippen LogP contribution >= 0.6 is 27.5 Å². The van der Waals surface area contributed by atoms with Gasteiger partial charge in [-0.25, -0.2) is 0 Å². The highest BCUT2D eigenvalue weighted by molar-refractivity contribution is 9.10. The van der Waals surface area contributed by atoms with Crippen LogP contribution in [0.15, 0.2) is 34.8 Å². The molecule has 0 unspecified atom stereocenters. The Morgan fingerprint density at radius 2 is 1.79 bits per heavy atom. The molecule has 0 aliphatic carbocycles. The first-order valence-electron chi connectivity index (χ1n) is 5.65. The van der Waals surface area contributed by atoms with Gasteiger partial charge in [-0.15, -0.1) is 0 Å². The van der Waals surface area contributed by atoms with E-state index in [2.05, 4.69) is 22.0 Å². The fraction of sp³-hybridized carbons (Fsp3) is 0.133. The number of nitrogens with zero attached hydrogens (tertiary/aromatic N) is 1. The molecule has 2 aromatic carbocycles. The first kappa shape index (κ1) is 13.9. The van der Waals surface area contributed by atoms with Crippen LogP contribution in [-0.2, 0) is 0 Å². The predicted molar refractivity (Wildman–Crippen MR) is 79.9 cm³/mol. The Bertz CT molecular complexity index is 653. The van der Waals surface area contributed by atoms with Crippen LogP contribution in [0, 0.1) is 25.2 Å². The van der Waals surface area contributed by atoms with E-state index in [0.29, 0.717) is 16.3 Å². The minimum Gasteiger partial charge on any atom is -0.456 e. The van der Waals surface area contributed by atoms with Crippen molar-refractivity contribution in [3.63, 3.8) is 0 Å². The van der Waals surface area contributed by atoms with Gasteiger partial charge in [0, 0.05) is 5.02 Å². The third-order valence-electron chi connectivity index (χ3n) is 2.70. The molecule has 96 valence electrons. The van der Waals surface area contributed by atoms with E-state index in [0.717, 1.165) is 21.3 Å². The molecule has 0 atom stereocenters. The van der Waals surface area contributed by atoms with Gasteiger partial charge in [0.1, 0.15) is 11.5 Å². The molecule has 0 fully saturated rings. The summed E-state index contributed by atoms with van der Waals surface area (Å²) in [7, 11) is 0. The van der Waals surface area contributed by atoms with E-state index in [9.17, 15) is 0 Å². The van der Waals surface area contributed by atoms with Gasteiger partial charge < -0.3 is 4.74 Å². The van der Waals surface area contributed by atoms with Crippen LogP contribution < -0.4 is 4.74 Å². The minimum absolute atomic E-state index is 0.587. The quantitative estimate of drug-likeness (QED) is 0.737. The lowest BCUT2D eigenvalue weighted by Crippen LogP contribution is -1.92. The molecule has 0 aliphatic heterocycles. The van der Waals surface area contributed by atoms with Crippen LogP contribution in [0.25, 0.3) is 0 Å². The maximum absolute atomic E-state index is 8.84. The molecule has 0 saturated heterocycles. The van der Waals surface area contributed by atoms with Crippen molar-refractivity contribution >= 4 is 27.5 Å². The average molecular weight is 337 g/mol. The summed E-state index contributed by atoms with van der Waals surface area (Å²) >= 11 is 9.40. The Labute approximate surface area is 125 Å². The second-order valence-electron chi connectivity index (χ2n) is 4.23. The van der Waals surface area contributed by atoms with E-state index in [-0.39, 0.29) is 0 Å². The van der Waals surface area contributed by atoms with E-state index in [4.69, 9.17) is 21.6 Å². The third-order valence-corrected chi connectivity index (χ3v) is 3.54. The van der Waals surface area contributed by atoms with Crippen molar-refractivity contribution in [3.8, 4) is 17.6 Å². The molecule has 0 aromatic heterocycles. The topological polar surface area (TPSA) is 33.0 Å². The molecule has 0 spiro atoms. The Hall–Kier alpha value is -1.50. The third kappa shape index (κ3) is 3.09. The summed E-state index contributed by atoms with van der Waals surface area (Å²) in [5.74, 6) is 1.46. The monoisotopic (exact) mass is 335 g/mol. The van der Waals surface area contributed by atoms with Crippen LogP contribution in [0.1, 0.15) is 16.7 Å². The summed E-state index contributed by atoms with van der Waals surface area (Å²) in [6.45, 7) is 3.90. The van der Waals surface area contributed by atoms with Crippen molar-refractivity contribution in [2.45, 2.75) is 13.8 Å². The Kier molecular flexibility index (Phi) is 4.14. The molecule has 0 bridgehead atoms. The van der Waals surface area contributed by atoms with Gasteiger partial charge in [-0.05, 0) is 71.2 Å². The number of nitriles is 1. The van der Waals surface area contributed by atoms with Crippen molar-refractivity contribution in [1.29, 1.82) is 5.26 Å². The number of ether oxygens (including phenoxy) is 1. The van der Waals surface area contributed by atoms with Gasteiger partial charge in [-0.3, -0.25) is 0 Å². The lowest BCUT2D eigenvalue weighted by atomic mass is 10.1. The highest BCUT2D eigenvalue weighted by Crippen LogP contribution is 2.35.